The van der Waals surface area contributed by atoms with Crippen molar-refractivity contribution in [3.63, 3.8) is 0 Å². The highest BCUT2D eigenvalue weighted by molar-refractivity contribution is 9.10. The first-order valence-corrected chi connectivity index (χ1v) is 10.3. The van der Waals surface area contributed by atoms with Gasteiger partial charge in [0, 0.05) is 22.2 Å². The Morgan fingerprint density at radius 1 is 1.00 bits per heavy atom. The Morgan fingerprint density at radius 3 is 2.52 bits per heavy atom. The summed E-state index contributed by atoms with van der Waals surface area (Å²) in [5.74, 6) is 0.909. The zero-order valence-electron chi connectivity index (χ0n) is 15.1. The monoisotopic (exact) mass is 540 g/mol. The summed E-state index contributed by atoms with van der Waals surface area (Å²) in [5.41, 5.74) is 1.03. The van der Waals surface area contributed by atoms with Crippen LogP contribution >= 0.6 is 50.7 Å². The Balaban J connectivity index is 1.62. The summed E-state index contributed by atoms with van der Waals surface area (Å²) in [6, 6.07) is 12.5. The third kappa shape index (κ3) is 4.64. The van der Waals surface area contributed by atoms with Crippen molar-refractivity contribution in [1.82, 2.24) is 15.2 Å². The number of hydrogen-bond donors (Lipinski definition) is 0. The van der Waals surface area contributed by atoms with Crippen molar-refractivity contribution in [2.75, 3.05) is 0 Å². The van der Waals surface area contributed by atoms with Crippen molar-refractivity contribution < 1.29 is 14.1 Å². The van der Waals surface area contributed by atoms with Gasteiger partial charge in [-0.05, 0) is 46.3 Å². The lowest BCUT2D eigenvalue weighted by molar-refractivity contribution is -0.384. The average Bonchev–Trinajstić information content (AvgIpc) is 3.22. The minimum atomic E-state index is -0.492. The van der Waals surface area contributed by atoms with E-state index in [1.54, 1.807) is 24.3 Å². The van der Waals surface area contributed by atoms with E-state index in [0.717, 1.165) is 0 Å². The van der Waals surface area contributed by atoms with E-state index in [0.29, 0.717) is 21.3 Å². The molecule has 0 aliphatic carbocycles. The average molecular weight is 543 g/mol. The molecule has 0 saturated heterocycles. The number of ether oxygens (including phenoxy) is 1. The molecule has 2 aromatic carbocycles. The maximum absolute atomic E-state index is 10.9. The highest BCUT2D eigenvalue weighted by Crippen LogP contribution is 2.35. The fourth-order valence-corrected chi connectivity index (χ4v) is 3.61. The SMILES string of the molecule is O=[N+]([O-])c1ccc(-c2nnc(-c3cccc(Oc4nc(Cl)c(Cl)cc4Cl)c3)o2)c(Br)c1. The van der Waals surface area contributed by atoms with Gasteiger partial charge in [0.15, 0.2) is 5.15 Å². The Labute approximate surface area is 198 Å². The highest BCUT2D eigenvalue weighted by atomic mass is 79.9. The van der Waals surface area contributed by atoms with Crippen molar-refractivity contribution in [2.24, 2.45) is 0 Å². The van der Waals surface area contributed by atoms with E-state index in [-0.39, 0.29) is 38.5 Å². The van der Waals surface area contributed by atoms with Gasteiger partial charge in [0.05, 0.1) is 15.5 Å². The third-order valence-electron chi connectivity index (χ3n) is 3.97. The van der Waals surface area contributed by atoms with Crippen LogP contribution in [0.5, 0.6) is 11.6 Å². The minimum Gasteiger partial charge on any atom is -0.437 e. The second-order valence-electron chi connectivity index (χ2n) is 6.01. The van der Waals surface area contributed by atoms with E-state index in [1.165, 1.54) is 24.3 Å². The van der Waals surface area contributed by atoms with Crippen molar-refractivity contribution in [2.45, 2.75) is 0 Å². The van der Waals surface area contributed by atoms with E-state index in [4.69, 9.17) is 44.0 Å². The maximum atomic E-state index is 10.9. The molecule has 0 N–H and O–H groups in total. The van der Waals surface area contributed by atoms with Gasteiger partial charge in [-0.25, -0.2) is 0 Å². The molecule has 156 valence electrons. The summed E-state index contributed by atoms with van der Waals surface area (Å²) in [6.07, 6.45) is 0. The third-order valence-corrected chi connectivity index (χ3v) is 5.57. The van der Waals surface area contributed by atoms with E-state index < -0.39 is 4.92 Å². The summed E-state index contributed by atoms with van der Waals surface area (Å²) in [6.45, 7) is 0. The van der Waals surface area contributed by atoms with E-state index in [1.807, 2.05) is 0 Å². The molecular weight excluding hydrogens is 534 g/mol. The predicted octanol–water partition coefficient (Wildman–Crippen LogP) is 7.22. The van der Waals surface area contributed by atoms with Crippen LogP contribution in [0.15, 0.2) is 57.4 Å². The van der Waals surface area contributed by atoms with Crippen LogP contribution < -0.4 is 4.74 Å². The van der Waals surface area contributed by atoms with Gasteiger partial charge in [0.2, 0.25) is 17.7 Å². The largest absolute Gasteiger partial charge is 0.437 e. The molecule has 2 aromatic heterocycles. The Morgan fingerprint density at radius 2 is 1.77 bits per heavy atom. The molecule has 0 saturated carbocycles. The Bertz CT molecular complexity index is 1320. The molecule has 0 aliphatic heterocycles. The second-order valence-corrected chi connectivity index (χ2v) is 8.04. The fourth-order valence-electron chi connectivity index (χ4n) is 2.54. The zero-order valence-corrected chi connectivity index (χ0v) is 18.9. The van der Waals surface area contributed by atoms with Gasteiger partial charge in [0.25, 0.3) is 5.69 Å². The number of aromatic nitrogens is 3. The summed E-state index contributed by atoms with van der Waals surface area (Å²) in [7, 11) is 0. The first-order valence-electron chi connectivity index (χ1n) is 8.39. The Hall–Kier alpha value is -2.72. The molecule has 0 unspecified atom stereocenters. The summed E-state index contributed by atoms with van der Waals surface area (Å²) in [5, 5.41) is 19.4. The molecule has 0 radical (unpaired) electrons. The van der Waals surface area contributed by atoms with Gasteiger partial charge in [0.1, 0.15) is 10.8 Å². The van der Waals surface area contributed by atoms with Gasteiger partial charge in [-0.15, -0.1) is 10.2 Å². The van der Waals surface area contributed by atoms with Crippen LogP contribution in [0.25, 0.3) is 22.9 Å². The first-order chi connectivity index (χ1) is 14.8. The molecule has 0 bridgehead atoms. The van der Waals surface area contributed by atoms with Crippen LogP contribution in [-0.2, 0) is 0 Å². The molecule has 0 atom stereocenters. The number of nitrogens with zero attached hydrogens (tertiary/aromatic N) is 4. The van der Waals surface area contributed by atoms with E-state index in [9.17, 15) is 10.1 Å². The van der Waals surface area contributed by atoms with Gasteiger partial charge in [-0.2, -0.15) is 4.98 Å². The number of benzene rings is 2. The van der Waals surface area contributed by atoms with Gasteiger partial charge in [-0.3, -0.25) is 10.1 Å². The first kappa shape index (κ1) is 21.5. The molecule has 0 fully saturated rings. The highest BCUT2D eigenvalue weighted by Gasteiger charge is 2.17. The van der Waals surface area contributed by atoms with Crippen LogP contribution in [0.4, 0.5) is 5.69 Å². The smallest absolute Gasteiger partial charge is 0.270 e. The topological polar surface area (TPSA) is 104 Å². The fraction of sp³-hybridized carbons (Fsp3) is 0. The quantitative estimate of drug-likeness (QED) is 0.149. The Kier molecular flexibility index (Phi) is 6.10. The van der Waals surface area contributed by atoms with Crippen LogP contribution in [0, 0.1) is 10.1 Å². The molecule has 2 heterocycles. The maximum Gasteiger partial charge on any atom is 0.270 e. The number of nitro benzene ring substituents is 1. The van der Waals surface area contributed by atoms with E-state index in [2.05, 4.69) is 31.1 Å². The van der Waals surface area contributed by atoms with Gasteiger partial charge in [-0.1, -0.05) is 40.9 Å². The van der Waals surface area contributed by atoms with Crippen molar-refractivity contribution in [3.8, 4) is 34.5 Å². The molecule has 4 aromatic rings. The number of hydrogen-bond acceptors (Lipinski definition) is 7. The summed E-state index contributed by atoms with van der Waals surface area (Å²) >= 11 is 21.2. The number of halogens is 4. The summed E-state index contributed by atoms with van der Waals surface area (Å²) < 4.78 is 11.9. The zero-order chi connectivity index (χ0) is 22.1. The van der Waals surface area contributed by atoms with Gasteiger partial charge < -0.3 is 9.15 Å². The van der Waals surface area contributed by atoms with Crippen molar-refractivity contribution >= 4 is 56.4 Å². The lowest BCUT2D eigenvalue weighted by Gasteiger charge is -2.08. The van der Waals surface area contributed by atoms with Gasteiger partial charge >= 0.3 is 0 Å². The molecule has 0 amide bonds. The predicted molar refractivity (Wildman–Crippen MR) is 119 cm³/mol. The van der Waals surface area contributed by atoms with Crippen LogP contribution in [0.3, 0.4) is 0 Å². The van der Waals surface area contributed by atoms with Crippen LogP contribution in [0.2, 0.25) is 15.2 Å². The van der Waals surface area contributed by atoms with Crippen LogP contribution in [-0.4, -0.2) is 20.1 Å². The summed E-state index contributed by atoms with van der Waals surface area (Å²) in [4.78, 5) is 14.4. The normalized spacial score (nSPS) is 10.8. The second kappa shape index (κ2) is 8.80. The van der Waals surface area contributed by atoms with Crippen molar-refractivity contribution in [3.05, 3.63) is 78.3 Å². The van der Waals surface area contributed by atoms with Crippen LogP contribution in [0.1, 0.15) is 0 Å². The minimum absolute atomic E-state index is 0.0604. The molecule has 0 aliphatic rings. The molecular formula is C19H8BrCl3N4O4. The standard InChI is InChI=1S/C19H8BrCl3N4O4/c20-13-7-10(27(28)29)4-5-12(13)18-26-25-17(31-18)9-2-1-3-11(6-9)30-19-15(22)8-14(21)16(23)24-19/h1-8H. The van der Waals surface area contributed by atoms with E-state index >= 15 is 0 Å². The number of rotatable bonds is 5. The van der Waals surface area contributed by atoms with Crippen molar-refractivity contribution in [1.29, 1.82) is 0 Å². The molecule has 0 spiro atoms. The number of non-ortho nitro benzene ring substituents is 1. The molecule has 31 heavy (non-hydrogen) atoms. The number of pyridine rings is 1. The lowest BCUT2D eigenvalue weighted by atomic mass is 10.2. The lowest BCUT2D eigenvalue weighted by Crippen LogP contribution is -1.91. The molecule has 8 nitrogen and oxygen atoms in total. The number of nitro groups is 1. The molecule has 12 heteroatoms. The molecule has 4 rings (SSSR count).